The number of halogens is 2. The van der Waals surface area contributed by atoms with Gasteiger partial charge in [0.25, 0.3) is 0 Å². The average molecular weight is 707 g/mol. The zero-order valence-electron chi connectivity index (χ0n) is 27.4. The van der Waals surface area contributed by atoms with E-state index in [1.54, 1.807) is 37.4 Å². The first-order chi connectivity index (χ1) is 24.3. The van der Waals surface area contributed by atoms with Crippen LogP contribution in [0.25, 0.3) is 22.9 Å². The first-order valence-electron chi connectivity index (χ1n) is 15.9. The van der Waals surface area contributed by atoms with E-state index in [0.29, 0.717) is 48.4 Å². The Bertz CT molecular complexity index is 1840. The lowest BCUT2D eigenvalue weighted by Gasteiger charge is -2.24. The quantitative estimate of drug-likeness (QED) is 0.108. The van der Waals surface area contributed by atoms with E-state index in [4.69, 9.17) is 25.8 Å². The van der Waals surface area contributed by atoms with Crippen molar-refractivity contribution in [3.63, 3.8) is 0 Å². The van der Waals surface area contributed by atoms with E-state index in [0.717, 1.165) is 11.1 Å². The zero-order valence-corrected chi connectivity index (χ0v) is 28.2. The van der Waals surface area contributed by atoms with E-state index in [1.807, 2.05) is 12.1 Å². The Balaban J connectivity index is 1.44. The highest BCUT2D eigenvalue weighted by atomic mass is 35.5. The van der Waals surface area contributed by atoms with Crippen molar-refractivity contribution in [3.05, 3.63) is 83.2 Å². The molecular formula is C34H36ClFN8O6. The van der Waals surface area contributed by atoms with E-state index in [9.17, 15) is 14.4 Å². The molecule has 0 saturated carbocycles. The summed E-state index contributed by atoms with van der Waals surface area (Å²) in [6.45, 7) is 2.30. The maximum atomic E-state index is 15.1. The van der Waals surface area contributed by atoms with Crippen LogP contribution in [0.3, 0.4) is 0 Å². The van der Waals surface area contributed by atoms with Gasteiger partial charge in [0, 0.05) is 41.9 Å². The number of methoxy groups -OCH3 is 1. The Morgan fingerprint density at radius 3 is 2.72 bits per heavy atom. The van der Waals surface area contributed by atoms with Crippen LogP contribution in [0.15, 0.2) is 61.1 Å². The maximum Gasteiger partial charge on any atom is 0.411 e. The predicted octanol–water partition coefficient (Wildman–Crippen LogP) is 5.50. The summed E-state index contributed by atoms with van der Waals surface area (Å²) >= 11 is 6.04. The molecule has 14 nitrogen and oxygen atoms in total. The second-order valence-corrected chi connectivity index (χ2v) is 11.6. The number of rotatable bonds is 10. The van der Waals surface area contributed by atoms with Crippen LogP contribution in [0.4, 0.5) is 20.6 Å². The highest BCUT2D eigenvalue weighted by Crippen LogP contribution is 2.34. The normalized spacial score (nSPS) is 15.9. The summed E-state index contributed by atoms with van der Waals surface area (Å²) in [5, 5.41) is 19.9. The molecule has 2 aromatic carbocycles. The number of carbonyl (C=O) groups excluding carboxylic acids is 3. The largest absolute Gasteiger partial charge is 0.464 e. The Labute approximate surface area is 292 Å². The third-order valence-electron chi connectivity index (χ3n) is 7.80. The zero-order chi connectivity index (χ0) is 35.5. The molecule has 1 aliphatic heterocycles. The van der Waals surface area contributed by atoms with Gasteiger partial charge in [-0.3, -0.25) is 15.1 Å². The van der Waals surface area contributed by atoms with Crippen LogP contribution in [-0.4, -0.2) is 76.1 Å². The summed E-state index contributed by atoms with van der Waals surface area (Å²) in [5.74, 6) is -1.63. The monoisotopic (exact) mass is 706 g/mol. The predicted molar refractivity (Wildman–Crippen MR) is 183 cm³/mol. The molecule has 0 saturated heterocycles. The number of esters is 1. The fourth-order valence-corrected chi connectivity index (χ4v) is 5.57. The molecule has 4 aromatic rings. The fourth-order valence-electron chi connectivity index (χ4n) is 5.41. The van der Waals surface area contributed by atoms with Gasteiger partial charge in [0.05, 0.1) is 35.7 Å². The topological polar surface area (TPSA) is 171 Å². The number of pyridine rings is 1. The van der Waals surface area contributed by atoms with Crippen LogP contribution >= 0.6 is 11.6 Å². The van der Waals surface area contributed by atoms with Crippen molar-refractivity contribution in [2.45, 2.75) is 44.7 Å². The fraction of sp³-hybridized carbons (Fsp3) is 0.324. The van der Waals surface area contributed by atoms with Crippen LogP contribution in [0.5, 0.6) is 0 Å². The first kappa shape index (κ1) is 35.9. The Kier molecular flexibility index (Phi) is 12.4. The second-order valence-electron chi connectivity index (χ2n) is 11.2. The molecule has 2 atom stereocenters. The third-order valence-corrected chi connectivity index (χ3v) is 8.09. The lowest BCUT2D eigenvalue weighted by Crippen LogP contribution is -2.32. The number of nitrogens with one attached hydrogen (secondary N) is 3. The molecule has 0 unspecified atom stereocenters. The number of ether oxygens (including phenoxy) is 3. The van der Waals surface area contributed by atoms with Gasteiger partial charge >= 0.3 is 12.1 Å². The van der Waals surface area contributed by atoms with Gasteiger partial charge in [0.15, 0.2) is 5.82 Å². The molecule has 262 valence electrons. The van der Waals surface area contributed by atoms with Gasteiger partial charge in [-0.15, -0.1) is 5.10 Å². The van der Waals surface area contributed by atoms with Crippen molar-refractivity contribution in [2.75, 3.05) is 37.6 Å². The SMILES string of the molecule is CCOC(=O)[C@H]1CCCC[C@H](NC(=O)/C=C/c2c(-n3cnnn3)ccc(Cl)c2F)c2cc(ccn2)-c2ccc(NC(=O)OCCOC)cc2N1. The Morgan fingerprint density at radius 2 is 1.94 bits per heavy atom. The maximum absolute atomic E-state index is 15.1. The van der Waals surface area contributed by atoms with Crippen LogP contribution in [0.1, 0.15) is 49.9 Å². The summed E-state index contributed by atoms with van der Waals surface area (Å²) in [6.07, 6.45) is 7.01. The summed E-state index contributed by atoms with van der Waals surface area (Å²) in [6, 6.07) is 10.6. The number of hydrogen-bond donors (Lipinski definition) is 3. The number of nitrogens with zero attached hydrogens (tertiary/aromatic N) is 5. The number of anilines is 2. The van der Waals surface area contributed by atoms with Gasteiger partial charge < -0.3 is 24.8 Å². The van der Waals surface area contributed by atoms with Crippen molar-refractivity contribution in [2.24, 2.45) is 0 Å². The number of amides is 2. The van der Waals surface area contributed by atoms with Crippen molar-refractivity contribution in [3.8, 4) is 16.8 Å². The Morgan fingerprint density at radius 1 is 1.10 bits per heavy atom. The van der Waals surface area contributed by atoms with Crippen LogP contribution < -0.4 is 16.0 Å². The third kappa shape index (κ3) is 9.18. The smallest absolute Gasteiger partial charge is 0.411 e. The second kappa shape index (κ2) is 17.3. The highest BCUT2D eigenvalue weighted by Gasteiger charge is 2.24. The molecule has 0 aliphatic carbocycles. The van der Waals surface area contributed by atoms with Gasteiger partial charge in [-0.2, -0.15) is 4.68 Å². The van der Waals surface area contributed by atoms with Crippen LogP contribution in [-0.2, 0) is 23.8 Å². The molecule has 1 aliphatic rings. The first-order valence-corrected chi connectivity index (χ1v) is 16.3. The summed E-state index contributed by atoms with van der Waals surface area (Å²) < 4.78 is 31.8. The summed E-state index contributed by atoms with van der Waals surface area (Å²) in [5.41, 5.74) is 3.41. The number of tetrazole rings is 1. The minimum Gasteiger partial charge on any atom is -0.464 e. The summed E-state index contributed by atoms with van der Waals surface area (Å²) in [7, 11) is 1.51. The number of aromatic nitrogens is 5. The molecule has 5 rings (SSSR count). The number of hydrogen-bond acceptors (Lipinski definition) is 11. The van der Waals surface area contributed by atoms with Crippen molar-refractivity contribution >= 4 is 47.0 Å². The molecule has 2 bridgehead atoms. The molecule has 2 aromatic heterocycles. The molecule has 0 radical (unpaired) electrons. The van der Waals surface area contributed by atoms with Gasteiger partial charge in [-0.05, 0) is 78.2 Å². The molecule has 0 fully saturated rings. The van der Waals surface area contributed by atoms with E-state index in [1.165, 1.54) is 36.3 Å². The van der Waals surface area contributed by atoms with E-state index >= 15 is 4.39 Å². The Hall–Kier alpha value is -5.41. The van der Waals surface area contributed by atoms with E-state index in [-0.39, 0.29) is 30.4 Å². The highest BCUT2D eigenvalue weighted by molar-refractivity contribution is 6.31. The minimum absolute atomic E-state index is 0.0324. The average Bonchev–Trinajstić information content (AvgIpc) is 3.64. The summed E-state index contributed by atoms with van der Waals surface area (Å²) in [4.78, 5) is 43.3. The molecule has 0 spiro atoms. The number of fused-ring (bicyclic) bond motifs is 4. The molecule has 3 heterocycles. The van der Waals surface area contributed by atoms with Crippen molar-refractivity contribution in [1.29, 1.82) is 0 Å². The number of benzene rings is 2. The van der Waals surface area contributed by atoms with Gasteiger partial charge in [0.1, 0.15) is 19.0 Å². The van der Waals surface area contributed by atoms with Gasteiger partial charge in [-0.1, -0.05) is 30.5 Å². The molecular weight excluding hydrogens is 671 g/mol. The van der Waals surface area contributed by atoms with Crippen molar-refractivity contribution in [1.82, 2.24) is 30.5 Å². The standard InChI is InChI=1S/C34H36ClFN8O6/c1-3-49-33(46)27-7-5-4-6-26(41-31(45)13-10-24-30(44-20-38-42-43-44)12-11-25(35)32(24)36)29-18-21(14-15-37-29)23-9-8-22(19-28(23)40-27)39-34(47)50-17-16-48-2/h8-15,18-20,26-27,40H,3-7,16-17H2,1-2H3,(H,39,47)(H,41,45)/b13-10+/t26-,27+/m0/s1. The molecule has 2 amide bonds. The lowest BCUT2D eigenvalue weighted by atomic mass is 9.96. The molecule has 3 N–H and O–H groups in total. The van der Waals surface area contributed by atoms with Gasteiger partial charge in [0.2, 0.25) is 5.91 Å². The van der Waals surface area contributed by atoms with E-state index < -0.39 is 35.9 Å². The lowest BCUT2D eigenvalue weighted by molar-refractivity contribution is -0.144. The van der Waals surface area contributed by atoms with Crippen LogP contribution in [0, 0.1) is 5.82 Å². The molecule has 50 heavy (non-hydrogen) atoms. The number of carbonyl (C=O) groups is 3. The minimum atomic E-state index is -0.728. The van der Waals surface area contributed by atoms with Crippen LogP contribution in [0.2, 0.25) is 5.02 Å². The van der Waals surface area contributed by atoms with E-state index in [2.05, 4.69) is 36.5 Å². The van der Waals surface area contributed by atoms with Gasteiger partial charge in [-0.25, -0.2) is 14.0 Å². The molecule has 16 heteroatoms. The van der Waals surface area contributed by atoms with Crippen molar-refractivity contribution < 1.29 is 33.0 Å².